The topological polar surface area (TPSA) is 92.8 Å². The zero-order valence-corrected chi connectivity index (χ0v) is 20.6. The average Bonchev–Trinajstić information content (AvgIpc) is 3.13. The van der Waals surface area contributed by atoms with Crippen LogP contribution in [0.3, 0.4) is 0 Å². The Morgan fingerprint density at radius 1 is 0.944 bits per heavy atom. The summed E-state index contributed by atoms with van der Waals surface area (Å²) >= 11 is 0.797. The van der Waals surface area contributed by atoms with Gasteiger partial charge in [0, 0.05) is 11.3 Å². The van der Waals surface area contributed by atoms with E-state index in [1.54, 1.807) is 60.7 Å². The molecule has 0 atom stereocenters. The molecule has 4 rings (SSSR count). The van der Waals surface area contributed by atoms with E-state index in [2.05, 4.69) is 5.32 Å². The molecular formula is C28H24N2O5S. The molecule has 0 aromatic heterocycles. The first-order valence-corrected chi connectivity index (χ1v) is 12.1. The van der Waals surface area contributed by atoms with E-state index in [-0.39, 0.29) is 29.7 Å². The van der Waals surface area contributed by atoms with Crippen molar-refractivity contribution in [2.45, 2.75) is 13.8 Å². The number of aryl methyl sites for hydroxylation is 2. The fourth-order valence-corrected chi connectivity index (χ4v) is 4.31. The molecule has 1 fully saturated rings. The van der Waals surface area contributed by atoms with Crippen LogP contribution in [0.2, 0.25) is 0 Å². The van der Waals surface area contributed by atoms with Gasteiger partial charge in [-0.3, -0.25) is 24.1 Å². The maximum atomic E-state index is 12.7. The Bertz CT molecular complexity index is 1350. The van der Waals surface area contributed by atoms with Crippen LogP contribution in [0.15, 0.2) is 77.7 Å². The van der Waals surface area contributed by atoms with Crippen LogP contribution in [0.25, 0.3) is 6.08 Å². The maximum Gasteiger partial charge on any atom is 0.293 e. The maximum absolute atomic E-state index is 12.7. The second-order valence-corrected chi connectivity index (χ2v) is 9.26. The van der Waals surface area contributed by atoms with Crippen molar-refractivity contribution in [2.75, 3.05) is 18.5 Å². The molecule has 1 N–H and O–H groups in total. The van der Waals surface area contributed by atoms with Gasteiger partial charge in [-0.05, 0) is 72.6 Å². The van der Waals surface area contributed by atoms with E-state index in [0.29, 0.717) is 22.6 Å². The van der Waals surface area contributed by atoms with Gasteiger partial charge in [0.25, 0.3) is 17.1 Å². The number of imide groups is 1. The smallest absolute Gasteiger partial charge is 0.293 e. The largest absolute Gasteiger partial charge is 0.484 e. The van der Waals surface area contributed by atoms with Gasteiger partial charge in [-0.25, -0.2) is 0 Å². The first-order valence-electron chi connectivity index (χ1n) is 11.2. The zero-order valence-electron chi connectivity index (χ0n) is 19.8. The SMILES string of the molecule is Cc1ccc(NC(=O)COc2ccc(/C=C3\SC(=O)N(CC(=O)c4ccccc4)C3=O)cc2)cc1C. The Morgan fingerprint density at radius 3 is 2.36 bits per heavy atom. The molecule has 8 heteroatoms. The highest BCUT2D eigenvalue weighted by Crippen LogP contribution is 2.32. The molecule has 1 aliphatic heterocycles. The van der Waals surface area contributed by atoms with Crippen LogP contribution in [0, 0.1) is 13.8 Å². The molecule has 3 amide bonds. The van der Waals surface area contributed by atoms with Gasteiger partial charge in [0.1, 0.15) is 5.75 Å². The van der Waals surface area contributed by atoms with Crippen molar-refractivity contribution in [1.29, 1.82) is 0 Å². The average molecular weight is 501 g/mol. The molecule has 0 radical (unpaired) electrons. The van der Waals surface area contributed by atoms with Crippen molar-refractivity contribution in [1.82, 2.24) is 4.90 Å². The highest BCUT2D eigenvalue weighted by Gasteiger charge is 2.36. The van der Waals surface area contributed by atoms with Gasteiger partial charge in [-0.1, -0.05) is 48.5 Å². The van der Waals surface area contributed by atoms with Crippen molar-refractivity contribution < 1.29 is 23.9 Å². The molecule has 36 heavy (non-hydrogen) atoms. The molecule has 1 heterocycles. The van der Waals surface area contributed by atoms with Gasteiger partial charge in [-0.15, -0.1) is 0 Å². The van der Waals surface area contributed by atoms with Crippen molar-refractivity contribution in [3.63, 3.8) is 0 Å². The Balaban J connectivity index is 1.33. The molecule has 0 saturated carbocycles. The minimum absolute atomic E-state index is 0.152. The number of benzene rings is 3. The summed E-state index contributed by atoms with van der Waals surface area (Å²) in [5, 5.41) is 2.32. The number of nitrogens with zero attached hydrogens (tertiary/aromatic N) is 1. The van der Waals surface area contributed by atoms with Crippen molar-refractivity contribution in [3.05, 3.63) is 100.0 Å². The molecule has 0 unspecified atom stereocenters. The molecule has 182 valence electrons. The summed E-state index contributed by atoms with van der Waals surface area (Å²) in [5.74, 6) is -0.593. The summed E-state index contributed by atoms with van der Waals surface area (Å²) in [6.07, 6.45) is 1.59. The summed E-state index contributed by atoms with van der Waals surface area (Å²) < 4.78 is 5.56. The second-order valence-electron chi connectivity index (χ2n) is 8.26. The predicted molar refractivity (Wildman–Crippen MR) is 140 cm³/mol. The van der Waals surface area contributed by atoms with Gasteiger partial charge >= 0.3 is 0 Å². The van der Waals surface area contributed by atoms with E-state index in [4.69, 9.17) is 4.74 Å². The lowest BCUT2D eigenvalue weighted by atomic mass is 10.1. The third-order valence-electron chi connectivity index (χ3n) is 5.61. The number of Topliss-reactive ketones (excluding diaryl/α,β-unsaturated/α-hetero) is 1. The number of rotatable bonds is 8. The molecule has 0 bridgehead atoms. The van der Waals surface area contributed by atoms with Crippen LogP contribution in [0.1, 0.15) is 27.0 Å². The molecule has 0 aliphatic carbocycles. The monoisotopic (exact) mass is 500 g/mol. The third kappa shape index (κ3) is 6.09. The van der Waals surface area contributed by atoms with E-state index >= 15 is 0 Å². The lowest BCUT2D eigenvalue weighted by Gasteiger charge is -2.11. The number of ether oxygens (including phenoxy) is 1. The zero-order chi connectivity index (χ0) is 25.7. The van der Waals surface area contributed by atoms with Gasteiger partial charge < -0.3 is 10.1 Å². The van der Waals surface area contributed by atoms with Gasteiger partial charge in [0.2, 0.25) is 0 Å². The van der Waals surface area contributed by atoms with E-state index in [9.17, 15) is 19.2 Å². The molecule has 7 nitrogen and oxygen atoms in total. The minimum atomic E-state index is -0.502. The normalized spacial score (nSPS) is 14.3. The molecule has 0 spiro atoms. The highest BCUT2D eigenvalue weighted by atomic mass is 32.2. The van der Waals surface area contributed by atoms with Crippen LogP contribution < -0.4 is 10.1 Å². The Hall–Kier alpha value is -4.17. The Kier molecular flexibility index (Phi) is 7.65. The highest BCUT2D eigenvalue weighted by molar-refractivity contribution is 8.18. The van der Waals surface area contributed by atoms with Crippen LogP contribution in [-0.4, -0.2) is 40.9 Å². The standard InChI is InChI=1S/C28H24N2O5S/c1-18-8-11-22(14-19(18)2)29-26(32)17-35-23-12-9-20(10-13-23)15-25-27(33)30(28(34)36-25)16-24(31)21-6-4-3-5-7-21/h3-15H,16-17H2,1-2H3,(H,29,32)/b25-15-. The number of amides is 3. The summed E-state index contributed by atoms with van der Waals surface area (Å²) in [4.78, 5) is 50.9. The first kappa shape index (κ1) is 24.9. The molecule has 3 aromatic rings. The van der Waals surface area contributed by atoms with Gasteiger partial charge in [0.15, 0.2) is 12.4 Å². The number of carbonyl (C=O) groups excluding carboxylic acids is 4. The van der Waals surface area contributed by atoms with E-state index in [0.717, 1.165) is 27.8 Å². The fraction of sp³-hybridized carbons (Fsp3) is 0.143. The molecule has 1 aliphatic rings. The minimum Gasteiger partial charge on any atom is -0.484 e. The summed E-state index contributed by atoms with van der Waals surface area (Å²) in [5.41, 5.74) is 4.07. The number of anilines is 1. The summed E-state index contributed by atoms with van der Waals surface area (Å²) in [7, 11) is 0. The third-order valence-corrected chi connectivity index (χ3v) is 6.52. The van der Waals surface area contributed by atoms with Crippen LogP contribution in [0.5, 0.6) is 5.75 Å². The van der Waals surface area contributed by atoms with Crippen molar-refractivity contribution in [2.24, 2.45) is 0 Å². The van der Waals surface area contributed by atoms with E-state index in [1.165, 1.54) is 0 Å². The number of thioether (sulfide) groups is 1. The Labute approximate surface area is 213 Å². The van der Waals surface area contributed by atoms with Gasteiger partial charge in [0.05, 0.1) is 11.4 Å². The quantitative estimate of drug-likeness (QED) is 0.336. The number of hydrogen-bond acceptors (Lipinski definition) is 6. The van der Waals surface area contributed by atoms with Crippen LogP contribution in [-0.2, 0) is 9.59 Å². The lowest BCUT2D eigenvalue weighted by molar-refractivity contribution is -0.122. The predicted octanol–water partition coefficient (Wildman–Crippen LogP) is 5.24. The summed E-state index contributed by atoms with van der Waals surface area (Å²) in [6.45, 7) is 3.53. The van der Waals surface area contributed by atoms with Crippen LogP contribution in [0.4, 0.5) is 10.5 Å². The molecule has 3 aromatic carbocycles. The van der Waals surface area contributed by atoms with E-state index in [1.807, 2.05) is 32.0 Å². The molecule has 1 saturated heterocycles. The molecular weight excluding hydrogens is 476 g/mol. The number of nitrogens with one attached hydrogen (secondary N) is 1. The summed E-state index contributed by atoms with van der Waals surface area (Å²) in [6, 6.07) is 21.0. The Morgan fingerprint density at radius 2 is 1.67 bits per heavy atom. The number of hydrogen-bond donors (Lipinski definition) is 1. The lowest BCUT2D eigenvalue weighted by Crippen LogP contribution is -2.33. The van der Waals surface area contributed by atoms with Crippen LogP contribution >= 0.6 is 11.8 Å². The van der Waals surface area contributed by atoms with Gasteiger partial charge in [-0.2, -0.15) is 0 Å². The van der Waals surface area contributed by atoms with Crippen molar-refractivity contribution >= 4 is 46.4 Å². The first-order chi connectivity index (χ1) is 17.3. The van der Waals surface area contributed by atoms with Crippen molar-refractivity contribution in [3.8, 4) is 5.75 Å². The fourth-order valence-electron chi connectivity index (χ4n) is 3.47. The number of ketones is 1. The second kappa shape index (κ2) is 11.0. The number of carbonyl (C=O) groups is 4. The van der Waals surface area contributed by atoms with E-state index < -0.39 is 11.1 Å².